The summed E-state index contributed by atoms with van der Waals surface area (Å²) in [6.07, 6.45) is 0. The summed E-state index contributed by atoms with van der Waals surface area (Å²) in [4.78, 5) is 33.7. The Morgan fingerprint density at radius 2 is 1.71 bits per heavy atom. The molecule has 0 saturated carbocycles. The molecule has 0 aromatic heterocycles. The quantitative estimate of drug-likeness (QED) is 0.518. The summed E-state index contributed by atoms with van der Waals surface area (Å²) < 4.78 is 0.246. The summed E-state index contributed by atoms with van der Waals surface area (Å²) in [5.41, 5.74) is -0.359. The Labute approximate surface area is 127 Å². The third-order valence-electron chi connectivity index (χ3n) is 2.81. The highest BCUT2D eigenvalue weighted by molar-refractivity contribution is 9.10. The number of nitro groups is 1. The second kappa shape index (κ2) is 5.84. The smallest absolute Gasteiger partial charge is 0.336 e. The Bertz CT molecular complexity index is 757. The van der Waals surface area contributed by atoms with Crippen molar-refractivity contribution in [3.8, 4) is 0 Å². The minimum absolute atomic E-state index is 0.0124. The number of carboxylic acid groups (broad SMARTS) is 1. The highest BCUT2D eigenvalue weighted by Gasteiger charge is 2.20. The maximum atomic E-state index is 12.4. The van der Waals surface area contributed by atoms with Gasteiger partial charge in [0.05, 0.1) is 15.0 Å². The number of carbonyl (C=O) groups is 2. The molecule has 0 aliphatic rings. The largest absolute Gasteiger partial charge is 0.478 e. The molecule has 21 heavy (non-hydrogen) atoms. The SMILES string of the molecule is O=C(O)c1ccccc1C(=O)c1ccc(Br)c([N+](=O)[O-])c1. The number of hydrogen-bond acceptors (Lipinski definition) is 4. The van der Waals surface area contributed by atoms with Gasteiger partial charge in [-0.25, -0.2) is 4.79 Å². The fourth-order valence-electron chi connectivity index (χ4n) is 1.82. The molecule has 2 aromatic rings. The molecule has 0 aliphatic heterocycles. The van der Waals surface area contributed by atoms with Gasteiger partial charge in [-0.1, -0.05) is 18.2 Å². The van der Waals surface area contributed by atoms with Crippen LogP contribution >= 0.6 is 15.9 Å². The van der Waals surface area contributed by atoms with E-state index in [-0.39, 0.29) is 26.9 Å². The average Bonchev–Trinajstić information content (AvgIpc) is 2.46. The highest BCUT2D eigenvalue weighted by Crippen LogP contribution is 2.27. The molecule has 0 saturated heterocycles. The first-order chi connectivity index (χ1) is 9.91. The zero-order valence-corrected chi connectivity index (χ0v) is 12.0. The van der Waals surface area contributed by atoms with Gasteiger partial charge in [0, 0.05) is 17.2 Å². The minimum Gasteiger partial charge on any atom is -0.478 e. The van der Waals surface area contributed by atoms with Crippen LogP contribution in [0.15, 0.2) is 46.9 Å². The van der Waals surface area contributed by atoms with Crippen LogP contribution in [0.25, 0.3) is 0 Å². The molecule has 0 fully saturated rings. The van der Waals surface area contributed by atoms with Gasteiger partial charge in [-0.05, 0) is 34.1 Å². The lowest BCUT2D eigenvalue weighted by atomic mass is 9.98. The standard InChI is InChI=1S/C14H8BrNO5/c15-11-6-5-8(7-12(11)16(20)21)13(17)9-3-1-2-4-10(9)14(18)19/h1-7H,(H,18,19). The van der Waals surface area contributed by atoms with E-state index in [9.17, 15) is 19.7 Å². The van der Waals surface area contributed by atoms with Gasteiger partial charge in [-0.15, -0.1) is 0 Å². The molecule has 0 spiro atoms. The van der Waals surface area contributed by atoms with Crippen LogP contribution in [0.4, 0.5) is 5.69 Å². The Hall–Kier alpha value is -2.54. The second-order valence-corrected chi connectivity index (χ2v) is 4.96. The number of rotatable bonds is 4. The fraction of sp³-hybridized carbons (Fsp3) is 0. The van der Waals surface area contributed by atoms with E-state index in [0.29, 0.717) is 0 Å². The fourth-order valence-corrected chi connectivity index (χ4v) is 2.21. The van der Waals surface area contributed by atoms with Crippen LogP contribution in [0.5, 0.6) is 0 Å². The third-order valence-corrected chi connectivity index (χ3v) is 3.48. The molecular weight excluding hydrogens is 342 g/mol. The molecule has 7 heteroatoms. The molecule has 6 nitrogen and oxygen atoms in total. The lowest BCUT2D eigenvalue weighted by molar-refractivity contribution is -0.385. The molecule has 2 rings (SSSR count). The summed E-state index contributed by atoms with van der Waals surface area (Å²) in [6.45, 7) is 0. The Morgan fingerprint density at radius 3 is 2.29 bits per heavy atom. The van der Waals surface area contributed by atoms with Gasteiger partial charge >= 0.3 is 5.97 Å². The van der Waals surface area contributed by atoms with Crippen LogP contribution in [0.2, 0.25) is 0 Å². The maximum Gasteiger partial charge on any atom is 0.336 e. The first kappa shape index (κ1) is 14.9. The number of carbonyl (C=O) groups excluding carboxylic acids is 1. The molecule has 0 unspecified atom stereocenters. The van der Waals surface area contributed by atoms with Crippen LogP contribution < -0.4 is 0 Å². The molecule has 0 radical (unpaired) electrons. The summed E-state index contributed by atoms with van der Waals surface area (Å²) >= 11 is 3.03. The molecule has 0 atom stereocenters. The Morgan fingerprint density at radius 1 is 1.10 bits per heavy atom. The van der Waals surface area contributed by atoms with Crippen molar-refractivity contribution in [1.82, 2.24) is 0 Å². The van der Waals surface area contributed by atoms with Gasteiger partial charge in [-0.3, -0.25) is 14.9 Å². The first-order valence-corrected chi connectivity index (χ1v) is 6.52. The zero-order valence-electron chi connectivity index (χ0n) is 10.4. The van der Waals surface area contributed by atoms with Crippen molar-refractivity contribution in [3.63, 3.8) is 0 Å². The van der Waals surface area contributed by atoms with Crippen molar-refractivity contribution in [1.29, 1.82) is 0 Å². The normalized spacial score (nSPS) is 10.1. The average molecular weight is 350 g/mol. The van der Waals surface area contributed by atoms with E-state index in [0.717, 1.165) is 6.07 Å². The van der Waals surface area contributed by atoms with E-state index < -0.39 is 16.7 Å². The van der Waals surface area contributed by atoms with E-state index in [1.165, 1.54) is 36.4 Å². The molecule has 0 heterocycles. The van der Waals surface area contributed by atoms with Crippen molar-refractivity contribution in [2.75, 3.05) is 0 Å². The van der Waals surface area contributed by atoms with E-state index in [2.05, 4.69) is 15.9 Å². The first-order valence-electron chi connectivity index (χ1n) is 5.72. The van der Waals surface area contributed by atoms with Crippen LogP contribution in [-0.4, -0.2) is 21.8 Å². The van der Waals surface area contributed by atoms with Gasteiger partial charge < -0.3 is 5.11 Å². The molecule has 1 N–H and O–H groups in total. The lowest BCUT2D eigenvalue weighted by Gasteiger charge is -2.05. The molecule has 0 amide bonds. The number of aromatic carboxylic acids is 1. The maximum absolute atomic E-state index is 12.4. The van der Waals surface area contributed by atoms with E-state index in [1.807, 2.05) is 0 Å². The van der Waals surface area contributed by atoms with E-state index >= 15 is 0 Å². The second-order valence-electron chi connectivity index (χ2n) is 4.10. The number of halogens is 1. The number of nitro benzene ring substituents is 1. The minimum atomic E-state index is -1.23. The predicted molar refractivity (Wildman–Crippen MR) is 77.6 cm³/mol. The van der Waals surface area contributed by atoms with Gasteiger partial charge in [0.25, 0.3) is 5.69 Å². The molecule has 2 aromatic carbocycles. The molecular formula is C14H8BrNO5. The molecule has 0 bridgehead atoms. The summed E-state index contributed by atoms with van der Waals surface area (Å²) in [5, 5.41) is 20.0. The van der Waals surface area contributed by atoms with Crippen LogP contribution in [0.3, 0.4) is 0 Å². The Kier molecular flexibility index (Phi) is 4.13. The monoisotopic (exact) mass is 349 g/mol. The number of hydrogen-bond donors (Lipinski definition) is 1. The van der Waals surface area contributed by atoms with Crippen LogP contribution in [0, 0.1) is 10.1 Å². The van der Waals surface area contributed by atoms with Crippen molar-refractivity contribution in [2.24, 2.45) is 0 Å². The van der Waals surface area contributed by atoms with E-state index in [1.54, 1.807) is 0 Å². The van der Waals surface area contributed by atoms with Crippen molar-refractivity contribution >= 4 is 33.4 Å². The number of ketones is 1. The van der Waals surface area contributed by atoms with Crippen molar-refractivity contribution in [3.05, 3.63) is 73.7 Å². The van der Waals surface area contributed by atoms with Gasteiger partial charge in [0.2, 0.25) is 0 Å². The Balaban J connectivity index is 2.53. The highest BCUT2D eigenvalue weighted by atomic mass is 79.9. The predicted octanol–water partition coefficient (Wildman–Crippen LogP) is 3.29. The van der Waals surface area contributed by atoms with Gasteiger partial charge in [0.1, 0.15) is 0 Å². The van der Waals surface area contributed by atoms with E-state index in [4.69, 9.17) is 5.11 Å². The number of carboxylic acids is 1. The van der Waals surface area contributed by atoms with Gasteiger partial charge in [-0.2, -0.15) is 0 Å². The van der Waals surface area contributed by atoms with Gasteiger partial charge in [0.15, 0.2) is 5.78 Å². The molecule has 0 aliphatic carbocycles. The van der Waals surface area contributed by atoms with Crippen LogP contribution in [-0.2, 0) is 0 Å². The number of benzene rings is 2. The van der Waals surface area contributed by atoms with Crippen molar-refractivity contribution in [2.45, 2.75) is 0 Å². The topological polar surface area (TPSA) is 97.5 Å². The zero-order chi connectivity index (χ0) is 15.6. The van der Waals surface area contributed by atoms with Crippen LogP contribution in [0.1, 0.15) is 26.3 Å². The summed E-state index contributed by atoms with van der Waals surface area (Å²) in [7, 11) is 0. The third kappa shape index (κ3) is 2.97. The molecule has 106 valence electrons. The summed E-state index contributed by atoms with van der Waals surface area (Å²) in [5.74, 6) is -1.81. The van der Waals surface area contributed by atoms with Crippen molar-refractivity contribution < 1.29 is 19.6 Å². The number of nitrogens with zero attached hydrogens (tertiary/aromatic N) is 1. The lowest BCUT2D eigenvalue weighted by Crippen LogP contribution is -2.09. The summed E-state index contributed by atoms with van der Waals surface area (Å²) in [6, 6.07) is 9.62.